The Morgan fingerprint density at radius 3 is 2.23 bits per heavy atom. The number of para-hydroxylation sites is 3. The van der Waals surface area contributed by atoms with Crippen molar-refractivity contribution in [3.05, 3.63) is 106 Å². The Labute approximate surface area is 205 Å². The van der Waals surface area contributed by atoms with Crippen LogP contribution in [0.4, 0.5) is 5.69 Å². The summed E-state index contributed by atoms with van der Waals surface area (Å²) in [6.45, 7) is 10.8. The van der Waals surface area contributed by atoms with E-state index in [4.69, 9.17) is 4.42 Å². The fraction of sp³-hybridized carbons (Fsp3) is 0.200. The lowest BCUT2D eigenvalue weighted by molar-refractivity contribution is 0.0995. The summed E-state index contributed by atoms with van der Waals surface area (Å²) in [5, 5.41) is 3.00. The Morgan fingerprint density at radius 1 is 0.829 bits per heavy atom. The van der Waals surface area contributed by atoms with Crippen LogP contribution < -0.4 is 5.32 Å². The van der Waals surface area contributed by atoms with E-state index in [-0.39, 0.29) is 11.7 Å². The summed E-state index contributed by atoms with van der Waals surface area (Å²) in [7, 11) is 0. The maximum atomic E-state index is 13.1. The zero-order chi connectivity index (χ0) is 24.7. The normalized spacial score (nSPS) is 11.2. The van der Waals surface area contributed by atoms with Crippen molar-refractivity contribution in [2.45, 2.75) is 41.0 Å². The van der Waals surface area contributed by atoms with Gasteiger partial charge in [-0.3, -0.25) is 4.79 Å². The molecule has 0 bridgehead atoms. The van der Waals surface area contributed by atoms with Crippen molar-refractivity contribution < 1.29 is 9.21 Å². The number of amides is 1. The zero-order valence-corrected chi connectivity index (χ0v) is 20.7. The second-order valence-corrected chi connectivity index (χ2v) is 9.15. The van der Waals surface area contributed by atoms with E-state index in [1.54, 1.807) is 6.07 Å². The molecule has 0 fully saturated rings. The van der Waals surface area contributed by atoms with Crippen LogP contribution in [-0.4, -0.2) is 15.9 Å². The highest BCUT2D eigenvalue weighted by Gasteiger charge is 2.18. The number of anilines is 1. The number of nitrogens with one attached hydrogen (secondary N) is 2. The van der Waals surface area contributed by atoms with Crippen molar-refractivity contribution in [3.8, 4) is 11.4 Å². The molecule has 2 N–H and O–H groups in total. The fourth-order valence-electron chi connectivity index (χ4n) is 4.67. The van der Waals surface area contributed by atoms with Crippen LogP contribution in [-0.2, 0) is 6.42 Å². The molecule has 5 aromatic rings. The van der Waals surface area contributed by atoms with Gasteiger partial charge >= 0.3 is 0 Å². The summed E-state index contributed by atoms with van der Waals surface area (Å²) in [5.74, 6) is 1.48. The molecule has 0 aliphatic heterocycles. The summed E-state index contributed by atoms with van der Waals surface area (Å²) in [6.07, 6.45) is 0.655. The molecular formula is C30H29N3O2. The Hall–Kier alpha value is -4.12. The van der Waals surface area contributed by atoms with Gasteiger partial charge in [0.1, 0.15) is 11.6 Å². The smallest absolute Gasteiger partial charge is 0.291 e. The van der Waals surface area contributed by atoms with Gasteiger partial charge in [-0.1, -0.05) is 24.3 Å². The number of hydrogen-bond donors (Lipinski definition) is 2. The number of benzene rings is 3. The number of furan rings is 1. The number of aromatic amines is 1. The van der Waals surface area contributed by atoms with Gasteiger partial charge in [-0.2, -0.15) is 0 Å². The van der Waals surface area contributed by atoms with Crippen molar-refractivity contribution >= 4 is 22.6 Å². The van der Waals surface area contributed by atoms with Crippen LogP contribution in [0.1, 0.15) is 49.7 Å². The van der Waals surface area contributed by atoms with Gasteiger partial charge in [0, 0.05) is 12.0 Å². The number of nitrogens with zero attached hydrogens (tertiary/aromatic N) is 1. The number of imidazole rings is 1. The first-order chi connectivity index (χ1) is 16.8. The molecule has 35 heavy (non-hydrogen) atoms. The van der Waals surface area contributed by atoms with E-state index in [1.165, 1.54) is 33.4 Å². The molecule has 0 saturated heterocycles. The van der Waals surface area contributed by atoms with Gasteiger partial charge in [0.2, 0.25) is 0 Å². The van der Waals surface area contributed by atoms with Gasteiger partial charge < -0.3 is 14.7 Å². The second-order valence-electron chi connectivity index (χ2n) is 9.15. The van der Waals surface area contributed by atoms with Gasteiger partial charge in [-0.15, -0.1) is 0 Å². The number of fused-ring (bicyclic) bond motifs is 1. The lowest BCUT2D eigenvalue weighted by Gasteiger charge is -2.18. The quantitative estimate of drug-likeness (QED) is 0.289. The van der Waals surface area contributed by atoms with Crippen LogP contribution in [0, 0.1) is 34.6 Å². The SMILES string of the molecule is Cc1c(C)c(C)c(Cc2ccc(C(=O)Nc3ccccc3-c3nc4ccccc4[nH]3)o2)c(C)c1C. The Bertz CT molecular complexity index is 1510. The Kier molecular flexibility index (Phi) is 5.77. The number of carbonyl (C=O) groups is 1. The van der Waals surface area contributed by atoms with Crippen molar-refractivity contribution in [1.82, 2.24) is 9.97 Å². The van der Waals surface area contributed by atoms with E-state index in [0.717, 1.165) is 22.4 Å². The third-order valence-electron chi connectivity index (χ3n) is 7.21. The predicted octanol–water partition coefficient (Wildman–Crippen LogP) is 7.21. The first-order valence-corrected chi connectivity index (χ1v) is 11.8. The maximum absolute atomic E-state index is 13.1. The molecule has 2 heterocycles. The molecule has 0 atom stereocenters. The molecule has 0 aliphatic carbocycles. The van der Waals surface area contributed by atoms with Crippen molar-refractivity contribution in [1.29, 1.82) is 0 Å². The summed E-state index contributed by atoms with van der Waals surface area (Å²) in [5.41, 5.74) is 11.1. The molecule has 0 spiro atoms. The number of aromatic nitrogens is 2. The number of hydrogen-bond acceptors (Lipinski definition) is 3. The molecule has 3 aromatic carbocycles. The second kappa shape index (κ2) is 8.91. The summed E-state index contributed by atoms with van der Waals surface area (Å²) < 4.78 is 6.00. The molecule has 2 aromatic heterocycles. The maximum Gasteiger partial charge on any atom is 0.291 e. The number of carbonyl (C=O) groups excluding carboxylic acids is 1. The average Bonchev–Trinajstić information content (AvgIpc) is 3.52. The topological polar surface area (TPSA) is 70.9 Å². The van der Waals surface area contributed by atoms with Gasteiger partial charge in [0.05, 0.1) is 16.7 Å². The lowest BCUT2D eigenvalue weighted by Crippen LogP contribution is -2.11. The summed E-state index contributed by atoms with van der Waals surface area (Å²) >= 11 is 0. The minimum atomic E-state index is -0.287. The highest BCUT2D eigenvalue weighted by molar-refractivity contribution is 6.04. The largest absolute Gasteiger partial charge is 0.456 e. The van der Waals surface area contributed by atoms with Crippen LogP contribution >= 0.6 is 0 Å². The van der Waals surface area contributed by atoms with Crippen molar-refractivity contribution in [2.24, 2.45) is 0 Å². The third-order valence-corrected chi connectivity index (χ3v) is 7.21. The Morgan fingerprint density at radius 2 is 1.49 bits per heavy atom. The van der Waals surface area contributed by atoms with Gasteiger partial charge in [0.15, 0.2) is 5.76 Å². The van der Waals surface area contributed by atoms with E-state index in [1.807, 2.05) is 54.6 Å². The van der Waals surface area contributed by atoms with E-state index < -0.39 is 0 Å². The molecule has 5 heteroatoms. The standard InChI is InChI=1S/C30H29N3O2/c1-17-18(2)20(4)24(21(5)19(17)3)16-22-14-15-28(35-22)30(34)33-25-11-7-6-10-23(25)29-31-26-12-8-9-13-27(26)32-29/h6-15H,16H2,1-5H3,(H,31,32)(H,33,34). The van der Waals surface area contributed by atoms with Crippen LogP contribution in [0.3, 0.4) is 0 Å². The highest BCUT2D eigenvalue weighted by Crippen LogP contribution is 2.30. The van der Waals surface area contributed by atoms with Crippen LogP contribution in [0.5, 0.6) is 0 Å². The van der Waals surface area contributed by atoms with E-state index in [2.05, 4.69) is 49.9 Å². The molecule has 0 radical (unpaired) electrons. The van der Waals surface area contributed by atoms with Crippen LogP contribution in [0.25, 0.3) is 22.4 Å². The first-order valence-electron chi connectivity index (χ1n) is 11.8. The van der Waals surface area contributed by atoms with Gasteiger partial charge in [-0.25, -0.2) is 4.98 Å². The first kappa shape index (κ1) is 22.7. The minimum absolute atomic E-state index is 0.287. The van der Waals surface area contributed by atoms with Gasteiger partial charge in [-0.05, 0) is 104 Å². The predicted molar refractivity (Wildman–Crippen MR) is 141 cm³/mol. The third kappa shape index (κ3) is 4.14. The molecule has 5 rings (SSSR count). The average molecular weight is 464 g/mol. The number of H-pyrrole nitrogens is 1. The van der Waals surface area contributed by atoms with Crippen LogP contribution in [0.15, 0.2) is 65.1 Å². The van der Waals surface area contributed by atoms with E-state index in [9.17, 15) is 4.79 Å². The highest BCUT2D eigenvalue weighted by atomic mass is 16.3. The molecule has 1 amide bonds. The summed E-state index contributed by atoms with van der Waals surface area (Å²) in [4.78, 5) is 21.1. The van der Waals surface area contributed by atoms with E-state index >= 15 is 0 Å². The molecule has 0 saturated carbocycles. The lowest BCUT2D eigenvalue weighted by atomic mass is 9.88. The zero-order valence-electron chi connectivity index (χ0n) is 20.7. The Balaban J connectivity index is 1.39. The molecule has 0 unspecified atom stereocenters. The number of rotatable bonds is 5. The molecule has 0 aliphatic rings. The molecule has 5 nitrogen and oxygen atoms in total. The van der Waals surface area contributed by atoms with Crippen LogP contribution in [0.2, 0.25) is 0 Å². The minimum Gasteiger partial charge on any atom is -0.456 e. The van der Waals surface area contributed by atoms with E-state index in [0.29, 0.717) is 17.9 Å². The fourth-order valence-corrected chi connectivity index (χ4v) is 4.67. The van der Waals surface area contributed by atoms with Crippen molar-refractivity contribution in [3.63, 3.8) is 0 Å². The van der Waals surface area contributed by atoms with Gasteiger partial charge in [0.25, 0.3) is 5.91 Å². The van der Waals surface area contributed by atoms with Crippen molar-refractivity contribution in [2.75, 3.05) is 5.32 Å². The summed E-state index contributed by atoms with van der Waals surface area (Å²) in [6, 6.07) is 19.1. The molecular weight excluding hydrogens is 434 g/mol. The monoisotopic (exact) mass is 463 g/mol. The molecule has 176 valence electrons.